The highest BCUT2D eigenvalue weighted by Gasteiger charge is 2.44. The Morgan fingerprint density at radius 2 is 2.19 bits per heavy atom. The average Bonchev–Trinajstić information content (AvgIpc) is 3.16. The van der Waals surface area contributed by atoms with E-state index in [0.29, 0.717) is 23.4 Å². The second kappa shape index (κ2) is 8.50. The van der Waals surface area contributed by atoms with Crippen molar-refractivity contribution in [2.45, 2.75) is 44.1 Å². The molecule has 148 valence electrons. The highest BCUT2D eigenvalue weighted by molar-refractivity contribution is 7.93. The summed E-state index contributed by atoms with van der Waals surface area (Å²) in [5.41, 5.74) is 1.63. The molecule has 3 rings (SSSR count). The first-order chi connectivity index (χ1) is 12.9. The minimum atomic E-state index is -1.17. The lowest BCUT2D eigenvalue weighted by Crippen LogP contribution is -2.33. The van der Waals surface area contributed by atoms with Gasteiger partial charge in [-0.1, -0.05) is 12.2 Å². The smallest absolute Gasteiger partial charge is 0.167 e. The van der Waals surface area contributed by atoms with Gasteiger partial charge < -0.3 is 29.6 Å². The lowest BCUT2D eigenvalue weighted by atomic mass is 10.1. The zero-order valence-corrected chi connectivity index (χ0v) is 15.8. The fourth-order valence-electron chi connectivity index (χ4n) is 2.91. The molecule has 11 heteroatoms. The van der Waals surface area contributed by atoms with E-state index in [1.807, 2.05) is 6.92 Å². The molecule has 1 unspecified atom stereocenters. The topological polar surface area (TPSA) is 135 Å². The number of rotatable bonds is 8. The Hall–Kier alpha value is -1.76. The van der Waals surface area contributed by atoms with E-state index in [4.69, 9.17) is 8.92 Å². The van der Waals surface area contributed by atoms with Crippen LogP contribution in [0.4, 0.5) is 5.82 Å². The van der Waals surface area contributed by atoms with Gasteiger partial charge in [-0.15, -0.1) is 0 Å². The molecule has 27 heavy (non-hydrogen) atoms. The maximum Gasteiger partial charge on any atom is 0.167 e. The Bertz CT molecular complexity index is 803. The molecule has 0 spiro atoms. The van der Waals surface area contributed by atoms with Gasteiger partial charge in [0.2, 0.25) is 0 Å². The van der Waals surface area contributed by atoms with Gasteiger partial charge in [-0.2, -0.15) is 0 Å². The molecule has 4 N–H and O–H groups in total. The Morgan fingerprint density at radius 3 is 2.89 bits per heavy atom. The van der Waals surface area contributed by atoms with E-state index < -0.39 is 30.8 Å². The van der Waals surface area contributed by atoms with Crippen LogP contribution < -0.4 is 5.32 Å². The van der Waals surface area contributed by atoms with Crippen molar-refractivity contribution in [1.29, 1.82) is 0 Å². The van der Waals surface area contributed by atoms with Crippen molar-refractivity contribution in [3.8, 4) is 0 Å². The third kappa shape index (κ3) is 4.23. The molecule has 3 heterocycles. The van der Waals surface area contributed by atoms with Crippen molar-refractivity contribution in [2.24, 2.45) is 0 Å². The third-order valence-corrected chi connectivity index (χ3v) is 4.54. The minimum absolute atomic E-state index is 0.136. The number of imidazole rings is 1. The lowest BCUT2D eigenvalue weighted by molar-refractivity contribution is -0.0453. The lowest BCUT2D eigenvalue weighted by Gasteiger charge is -2.17. The summed E-state index contributed by atoms with van der Waals surface area (Å²) in [5, 5.41) is 33.5. The van der Waals surface area contributed by atoms with Gasteiger partial charge >= 0.3 is 0 Å². The first kappa shape index (κ1) is 20.0. The molecule has 0 radical (unpaired) electrons. The van der Waals surface area contributed by atoms with Gasteiger partial charge in [-0.3, -0.25) is 4.57 Å². The summed E-state index contributed by atoms with van der Waals surface area (Å²) >= 11 is 1.15. The van der Waals surface area contributed by atoms with Crippen LogP contribution in [0.25, 0.3) is 11.2 Å². The van der Waals surface area contributed by atoms with E-state index in [2.05, 4.69) is 26.8 Å². The summed E-state index contributed by atoms with van der Waals surface area (Å²) in [6, 6.07) is 0. The van der Waals surface area contributed by atoms with Gasteiger partial charge in [0.15, 0.2) is 23.2 Å². The van der Waals surface area contributed by atoms with Crippen LogP contribution in [0.2, 0.25) is 0 Å². The second-order valence-electron chi connectivity index (χ2n) is 6.37. The van der Waals surface area contributed by atoms with E-state index in [0.717, 1.165) is 17.6 Å². The SMILES string of the molecule is C=C(C)CC(O)Nc1ncnc2c1ncn2[C@@H]1O[C@H](COSC)[C@@H](O)[C@H]1O. The Morgan fingerprint density at radius 1 is 1.41 bits per heavy atom. The van der Waals surface area contributed by atoms with Gasteiger partial charge in [-0.05, 0) is 19.0 Å². The van der Waals surface area contributed by atoms with Gasteiger partial charge in [0, 0.05) is 12.7 Å². The van der Waals surface area contributed by atoms with E-state index in [-0.39, 0.29) is 6.61 Å². The molecular formula is C16H23N5O5S. The Labute approximate surface area is 160 Å². The maximum atomic E-state index is 10.4. The Balaban J connectivity index is 1.84. The predicted molar refractivity (Wildman–Crippen MR) is 99.8 cm³/mol. The molecular weight excluding hydrogens is 374 g/mol. The zero-order chi connectivity index (χ0) is 19.6. The molecule has 0 aromatic carbocycles. The molecule has 1 aliphatic rings. The van der Waals surface area contributed by atoms with Crippen LogP contribution in [0.3, 0.4) is 0 Å². The van der Waals surface area contributed by atoms with Crippen molar-refractivity contribution >= 4 is 29.0 Å². The molecule has 2 aromatic heterocycles. The molecule has 5 atom stereocenters. The van der Waals surface area contributed by atoms with Crippen molar-refractivity contribution in [2.75, 3.05) is 18.2 Å². The van der Waals surface area contributed by atoms with Crippen LogP contribution in [0.5, 0.6) is 0 Å². The van der Waals surface area contributed by atoms with Gasteiger partial charge in [0.25, 0.3) is 0 Å². The number of hydrogen-bond acceptors (Lipinski definition) is 10. The molecule has 2 aromatic rings. The molecule has 1 saturated heterocycles. The number of ether oxygens (including phenoxy) is 1. The number of aliphatic hydroxyl groups excluding tert-OH is 3. The molecule has 1 aliphatic heterocycles. The number of fused-ring (bicyclic) bond motifs is 1. The fraction of sp³-hybridized carbons (Fsp3) is 0.562. The van der Waals surface area contributed by atoms with Gasteiger partial charge in [0.05, 0.1) is 12.9 Å². The summed E-state index contributed by atoms with van der Waals surface area (Å²) < 4.78 is 12.5. The summed E-state index contributed by atoms with van der Waals surface area (Å²) in [5.74, 6) is 0.350. The van der Waals surface area contributed by atoms with Crippen LogP contribution in [0, 0.1) is 0 Å². The summed E-state index contributed by atoms with van der Waals surface area (Å²) in [6.45, 7) is 5.72. The fourth-order valence-corrected chi connectivity index (χ4v) is 3.18. The van der Waals surface area contributed by atoms with E-state index in [1.165, 1.54) is 17.2 Å². The van der Waals surface area contributed by atoms with Gasteiger partial charge in [0.1, 0.15) is 30.9 Å². The third-order valence-electron chi connectivity index (χ3n) is 4.17. The molecule has 0 saturated carbocycles. The minimum Gasteiger partial charge on any atom is -0.387 e. The zero-order valence-electron chi connectivity index (χ0n) is 15.0. The molecule has 0 bridgehead atoms. The number of nitrogens with one attached hydrogen (secondary N) is 1. The van der Waals surface area contributed by atoms with Crippen LogP contribution in [-0.2, 0) is 8.92 Å². The average molecular weight is 397 g/mol. The summed E-state index contributed by atoms with van der Waals surface area (Å²) in [6.07, 6.45) is 0.210. The normalized spacial score (nSPS) is 26.4. The summed E-state index contributed by atoms with van der Waals surface area (Å²) in [7, 11) is 0. The number of nitrogens with zero attached hydrogens (tertiary/aromatic N) is 4. The van der Waals surface area contributed by atoms with E-state index in [9.17, 15) is 15.3 Å². The van der Waals surface area contributed by atoms with E-state index in [1.54, 1.807) is 6.26 Å². The van der Waals surface area contributed by atoms with Crippen LogP contribution in [0.1, 0.15) is 19.6 Å². The van der Waals surface area contributed by atoms with Crippen molar-refractivity contribution in [3.05, 3.63) is 24.8 Å². The summed E-state index contributed by atoms with van der Waals surface area (Å²) in [4.78, 5) is 12.6. The standard InChI is InChI=1S/C16H23N5O5S/c1-8(2)4-10(22)20-14-11-15(18-6-17-14)21(7-19-11)16-13(24)12(23)9(26-16)5-25-27-3/h6-7,9-10,12-13,16,22-24H,1,4-5H2,2-3H3,(H,17,18,20)/t9-,10?,12-,13-,16-/m1/s1. The molecule has 1 fully saturated rings. The van der Waals surface area contributed by atoms with E-state index >= 15 is 0 Å². The monoisotopic (exact) mass is 397 g/mol. The molecule has 0 amide bonds. The molecule has 0 aliphatic carbocycles. The maximum absolute atomic E-state index is 10.4. The molecule has 10 nitrogen and oxygen atoms in total. The number of aromatic nitrogens is 4. The first-order valence-electron chi connectivity index (χ1n) is 8.36. The first-order valence-corrected chi connectivity index (χ1v) is 9.51. The van der Waals surface area contributed by atoms with Crippen LogP contribution in [0.15, 0.2) is 24.8 Å². The highest BCUT2D eigenvalue weighted by atomic mass is 32.2. The van der Waals surface area contributed by atoms with Crippen LogP contribution >= 0.6 is 12.0 Å². The second-order valence-corrected chi connectivity index (χ2v) is 6.93. The van der Waals surface area contributed by atoms with Crippen molar-refractivity contribution in [3.63, 3.8) is 0 Å². The van der Waals surface area contributed by atoms with Crippen LogP contribution in [-0.4, -0.2) is 72.2 Å². The Kier molecular flexibility index (Phi) is 6.29. The largest absolute Gasteiger partial charge is 0.387 e. The van der Waals surface area contributed by atoms with Crippen molar-refractivity contribution in [1.82, 2.24) is 19.5 Å². The van der Waals surface area contributed by atoms with Gasteiger partial charge in [-0.25, -0.2) is 15.0 Å². The number of anilines is 1. The van der Waals surface area contributed by atoms with Crippen molar-refractivity contribution < 1.29 is 24.2 Å². The highest BCUT2D eigenvalue weighted by Crippen LogP contribution is 2.32. The number of aliphatic hydroxyl groups is 3. The predicted octanol–water partition coefficient (Wildman–Crippen LogP) is 0.437. The number of hydrogen-bond donors (Lipinski definition) is 4. The quantitative estimate of drug-likeness (QED) is 0.282.